The summed E-state index contributed by atoms with van der Waals surface area (Å²) in [6, 6.07) is 9.13. The molecule has 0 radical (unpaired) electrons. The van der Waals surface area contributed by atoms with E-state index in [2.05, 4.69) is 20.2 Å². The number of nitrogens with zero attached hydrogens (tertiary/aromatic N) is 4. The van der Waals surface area contributed by atoms with Crippen molar-refractivity contribution in [1.29, 1.82) is 0 Å². The van der Waals surface area contributed by atoms with Crippen LogP contribution < -0.4 is 10.6 Å². The first-order valence-electron chi connectivity index (χ1n) is 11.8. The number of hydrogen-bond acceptors (Lipinski definition) is 6. The van der Waals surface area contributed by atoms with Gasteiger partial charge in [0.25, 0.3) is 5.91 Å². The van der Waals surface area contributed by atoms with E-state index in [9.17, 15) is 9.90 Å². The summed E-state index contributed by atoms with van der Waals surface area (Å²) in [4.78, 5) is 17.6. The van der Waals surface area contributed by atoms with Gasteiger partial charge >= 0.3 is 0 Å². The predicted molar refractivity (Wildman–Crippen MR) is 131 cm³/mol. The Morgan fingerprint density at radius 1 is 1.15 bits per heavy atom. The predicted octanol–water partition coefficient (Wildman–Crippen LogP) is 3.24. The summed E-state index contributed by atoms with van der Waals surface area (Å²) >= 11 is 0. The molecular weight excluding hydrogens is 416 g/mol. The van der Waals surface area contributed by atoms with E-state index in [0.717, 1.165) is 66.3 Å². The van der Waals surface area contributed by atoms with E-state index in [1.165, 1.54) is 19.3 Å². The van der Waals surface area contributed by atoms with E-state index in [4.69, 9.17) is 5.10 Å². The lowest BCUT2D eigenvalue weighted by atomic mass is 9.97. The lowest BCUT2D eigenvalue weighted by Crippen LogP contribution is -2.32. The van der Waals surface area contributed by atoms with Crippen molar-refractivity contribution in [1.82, 2.24) is 24.9 Å². The SMILES string of the molecule is CN(C)CCNC(=O)c1ccc2c3c(nn2CCN2CCCCC2)-c2cc(O)ccc2Nc13. The van der Waals surface area contributed by atoms with E-state index in [1.807, 2.05) is 37.2 Å². The van der Waals surface area contributed by atoms with Gasteiger partial charge in [0.1, 0.15) is 11.4 Å². The minimum atomic E-state index is -0.101. The van der Waals surface area contributed by atoms with Crippen LogP contribution in [0, 0.1) is 0 Å². The molecule has 33 heavy (non-hydrogen) atoms. The molecule has 0 saturated carbocycles. The van der Waals surface area contributed by atoms with Gasteiger partial charge in [-0.2, -0.15) is 5.10 Å². The molecule has 8 nitrogen and oxygen atoms in total. The average Bonchev–Trinajstić information content (AvgIpc) is 3.18. The van der Waals surface area contributed by atoms with Crippen LogP contribution >= 0.6 is 0 Å². The number of phenols is 1. The molecule has 5 rings (SSSR count). The number of benzene rings is 2. The van der Waals surface area contributed by atoms with Crippen molar-refractivity contribution < 1.29 is 9.90 Å². The van der Waals surface area contributed by atoms with Crippen molar-refractivity contribution in [2.75, 3.05) is 52.1 Å². The number of rotatable bonds is 7. The van der Waals surface area contributed by atoms with Gasteiger partial charge in [-0.1, -0.05) is 6.42 Å². The Labute approximate surface area is 194 Å². The number of hydrogen-bond donors (Lipinski definition) is 3. The van der Waals surface area contributed by atoms with E-state index in [0.29, 0.717) is 12.1 Å². The average molecular weight is 449 g/mol. The quantitative estimate of drug-likeness (QED) is 0.377. The van der Waals surface area contributed by atoms with Crippen molar-refractivity contribution in [2.45, 2.75) is 25.8 Å². The highest BCUT2D eigenvalue weighted by molar-refractivity contribution is 6.16. The summed E-state index contributed by atoms with van der Waals surface area (Å²) in [6.45, 7) is 5.39. The molecule has 1 fully saturated rings. The summed E-state index contributed by atoms with van der Waals surface area (Å²) in [5.41, 5.74) is 4.91. The molecule has 2 aliphatic rings. The van der Waals surface area contributed by atoms with Gasteiger partial charge in [0.15, 0.2) is 0 Å². The molecule has 0 unspecified atom stereocenters. The molecule has 1 amide bonds. The highest BCUT2D eigenvalue weighted by Gasteiger charge is 2.27. The fourth-order valence-corrected chi connectivity index (χ4v) is 4.83. The molecule has 1 saturated heterocycles. The van der Waals surface area contributed by atoms with Gasteiger partial charge in [-0.3, -0.25) is 9.48 Å². The number of likely N-dealkylation sites (tertiary alicyclic amines) is 1. The topological polar surface area (TPSA) is 85.7 Å². The Morgan fingerprint density at radius 3 is 2.76 bits per heavy atom. The third-order valence-corrected chi connectivity index (χ3v) is 6.60. The van der Waals surface area contributed by atoms with Crippen LogP contribution in [0.1, 0.15) is 29.6 Å². The molecular formula is C25H32N6O2. The molecule has 1 aromatic heterocycles. The van der Waals surface area contributed by atoms with Crippen molar-refractivity contribution in [3.05, 3.63) is 35.9 Å². The van der Waals surface area contributed by atoms with Gasteiger partial charge in [-0.15, -0.1) is 0 Å². The molecule has 3 N–H and O–H groups in total. The summed E-state index contributed by atoms with van der Waals surface area (Å²) in [6.07, 6.45) is 3.84. The normalized spacial score (nSPS) is 15.5. The zero-order valence-electron chi connectivity index (χ0n) is 19.4. The van der Waals surface area contributed by atoms with Crippen LogP contribution in [-0.2, 0) is 6.54 Å². The zero-order chi connectivity index (χ0) is 22.9. The van der Waals surface area contributed by atoms with Crippen molar-refractivity contribution in [3.8, 4) is 17.0 Å². The van der Waals surface area contributed by atoms with Crippen LogP contribution in [0.5, 0.6) is 5.75 Å². The number of phenolic OH excluding ortho intramolecular Hbond substituents is 1. The third-order valence-electron chi connectivity index (χ3n) is 6.60. The molecule has 2 aromatic carbocycles. The van der Waals surface area contributed by atoms with Crippen LogP contribution in [0.3, 0.4) is 0 Å². The van der Waals surface area contributed by atoms with E-state index >= 15 is 0 Å². The maximum Gasteiger partial charge on any atom is 0.253 e. The van der Waals surface area contributed by atoms with Gasteiger partial charge in [0, 0.05) is 30.9 Å². The first-order chi connectivity index (χ1) is 16.0. The number of aromatic nitrogens is 2. The summed E-state index contributed by atoms with van der Waals surface area (Å²) < 4.78 is 2.05. The van der Waals surface area contributed by atoms with Crippen molar-refractivity contribution in [3.63, 3.8) is 0 Å². The number of fused-ring (bicyclic) bond motifs is 2. The first-order valence-corrected chi connectivity index (χ1v) is 11.8. The zero-order valence-corrected chi connectivity index (χ0v) is 19.4. The second-order valence-electron chi connectivity index (χ2n) is 9.27. The lowest BCUT2D eigenvalue weighted by Gasteiger charge is -2.26. The van der Waals surface area contributed by atoms with Crippen molar-refractivity contribution in [2.24, 2.45) is 0 Å². The molecule has 3 heterocycles. The molecule has 0 bridgehead atoms. The highest BCUT2D eigenvalue weighted by atomic mass is 16.3. The standard InChI is InChI=1S/C25H32N6O2/c1-29(2)13-10-26-25(33)18-7-9-21-22-23(18)27-20-8-6-17(32)16-19(20)24(22)28-31(21)15-14-30-11-4-3-5-12-30/h6-9,16,27,32H,3-5,10-15H2,1-2H3,(H,26,33). The Morgan fingerprint density at radius 2 is 1.97 bits per heavy atom. The van der Waals surface area contributed by atoms with Crippen LogP contribution in [0.2, 0.25) is 0 Å². The lowest BCUT2D eigenvalue weighted by molar-refractivity contribution is 0.0952. The van der Waals surface area contributed by atoms with Gasteiger partial charge < -0.3 is 25.5 Å². The van der Waals surface area contributed by atoms with E-state index in [-0.39, 0.29) is 11.7 Å². The summed E-state index contributed by atoms with van der Waals surface area (Å²) in [5.74, 6) is 0.100. The maximum absolute atomic E-state index is 13.0. The number of nitrogens with one attached hydrogen (secondary N) is 2. The first kappa shape index (κ1) is 21.7. The number of anilines is 2. The number of likely N-dealkylation sites (N-methyl/N-ethyl adjacent to an activating group) is 1. The van der Waals surface area contributed by atoms with Crippen molar-refractivity contribution >= 4 is 28.2 Å². The monoisotopic (exact) mass is 448 g/mol. The van der Waals surface area contributed by atoms with Crippen LogP contribution in [0.4, 0.5) is 11.4 Å². The van der Waals surface area contributed by atoms with Gasteiger partial charge in [0.2, 0.25) is 0 Å². The minimum absolute atomic E-state index is 0.101. The van der Waals surface area contributed by atoms with Gasteiger partial charge in [0.05, 0.1) is 28.7 Å². The summed E-state index contributed by atoms with van der Waals surface area (Å²) in [7, 11) is 3.97. The number of amides is 1. The molecule has 0 spiro atoms. The van der Waals surface area contributed by atoms with Crippen LogP contribution in [0.15, 0.2) is 30.3 Å². The number of piperidine rings is 1. The Hall–Kier alpha value is -3.10. The van der Waals surface area contributed by atoms with Gasteiger partial charge in [-0.25, -0.2) is 0 Å². The van der Waals surface area contributed by atoms with Crippen LogP contribution in [0.25, 0.3) is 22.2 Å². The van der Waals surface area contributed by atoms with E-state index < -0.39 is 0 Å². The smallest absolute Gasteiger partial charge is 0.253 e. The Bertz CT molecular complexity index is 1180. The molecule has 2 aliphatic heterocycles. The van der Waals surface area contributed by atoms with Gasteiger partial charge in [-0.05, 0) is 70.4 Å². The number of carbonyl (C=O) groups excluding carboxylic acids is 1. The summed E-state index contributed by atoms with van der Waals surface area (Å²) in [5, 5.41) is 22.5. The minimum Gasteiger partial charge on any atom is -0.508 e. The largest absolute Gasteiger partial charge is 0.508 e. The maximum atomic E-state index is 13.0. The number of carbonyl (C=O) groups is 1. The fourth-order valence-electron chi connectivity index (χ4n) is 4.83. The molecule has 0 atom stereocenters. The fraction of sp³-hybridized carbons (Fsp3) is 0.440. The highest BCUT2D eigenvalue weighted by Crippen LogP contribution is 2.45. The number of aromatic hydroxyl groups is 1. The Kier molecular flexibility index (Phi) is 5.95. The van der Waals surface area contributed by atoms with E-state index in [1.54, 1.807) is 12.1 Å². The molecule has 174 valence electrons. The second-order valence-corrected chi connectivity index (χ2v) is 9.27. The van der Waals surface area contributed by atoms with Crippen LogP contribution in [-0.4, -0.2) is 77.4 Å². The molecule has 8 heteroatoms. The second kappa shape index (κ2) is 9.03. The Balaban J connectivity index is 1.53. The molecule has 0 aliphatic carbocycles. The molecule has 3 aromatic rings. The third kappa shape index (κ3) is 4.28.